The van der Waals surface area contributed by atoms with Gasteiger partial charge in [-0.2, -0.15) is 0 Å². The maximum Gasteiger partial charge on any atom is 0.251 e. The Bertz CT molecular complexity index is 351. The second-order valence-corrected chi connectivity index (χ2v) is 4.58. The molecule has 0 aromatic heterocycles. The van der Waals surface area contributed by atoms with Crippen molar-refractivity contribution < 1.29 is 9.53 Å². The summed E-state index contributed by atoms with van der Waals surface area (Å²) < 4.78 is 5.05. The van der Waals surface area contributed by atoms with Gasteiger partial charge in [0, 0.05) is 16.9 Å². The van der Waals surface area contributed by atoms with Crippen molar-refractivity contribution in [1.82, 2.24) is 5.32 Å². The van der Waals surface area contributed by atoms with Gasteiger partial charge in [-0.15, -0.1) is 0 Å². The Labute approximate surface area is 111 Å². The SMILES string of the molecule is CCC(CCBr)NC(=O)c1ccc(OC)cc1. The molecule has 0 saturated heterocycles. The molecule has 1 amide bonds. The molecular weight excluding hydrogens is 282 g/mol. The predicted octanol–water partition coefficient (Wildman–Crippen LogP) is 2.99. The molecule has 0 aliphatic rings. The number of nitrogens with one attached hydrogen (secondary N) is 1. The van der Waals surface area contributed by atoms with Gasteiger partial charge < -0.3 is 10.1 Å². The van der Waals surface area contributed by atoms with E-state index in [4.69, 9.17) is 4.74 Å². The van der Waals surface area contributed by atoms with Crippen molar-refractivity contribution >= 4 is 21.8 Å². The molecule has 0 heterocycles. The van der Waals surface area contributed by atoms with E-state index in [-0.39, 0.29) is 11.9 Å². The summed E-state index contributed by atoms with van der Waals surface area (Å²) in [4.78, 5) is 11.9. The summed E-state index contributed by atoms with van der Waals surface area (Å²) >= 11 is 3.39. The minimum Gasteiger partial charge on any atom is -0.497 e. The Morgan fingerprint density at radius 3 is 2.53 bits per heavy atom. The first kappa shape index (κ1) is 14.0. The molecule has 1 rings (SSSR count). The number of alkyl halides is 1. The molecule has 1 N–H and O–H groups in total. The normalized spacial score (nSPS) is 11.9. The van der Waals surface area contributed by atoms with Crippen LogP contribution in [-0.2, 0) is 0 Å². The molecule has 4 heteroatoms. The van der Waals surface area contributed by atoms with Crippen LogP contribution in [0.1, 0.15) is 30.1 Å². The van der Waals surface area contributed by atoms with Crippen LogP contribution in [-0.4, -0.2) is 24.4 Å². The lowest BCUT2D eigenvalue weighted by molar-refractivity contribution is 0.0935. The highest BCUT2D eigenvalue weighted by Crippen LogP contribution is 2.11. The largest absolute Gasteiger partial charge is 0.497 e. The third kappa shape index (κ3) is 4.38. The van der Waals surface area contributed by atoms with Crippen molar-refractivity contribution in [3.8, 4) is 5.75 Å². The minimum absolute atomic E-state index is 0.0274. The van der Waals surface area contributed by atoms with Gasteiger partial charge >= 0.3 is 0 Å². The zero-order valence-corrected chi connectivity index (χ0v) is 11.8. The van der Waals surface area contributed by atoms with Crippen LogP contribution in [0, 0.1) is 0 Å². The minimum atomic E-state index is -0.0274. The molecule has 0 bridgehead atoms. The van der Waals surface area contributed by atoms with Crippen LogP contribution in [0.2, 0.25) is 0 Å². The van der Waals surface area contributed by atoms with Gasteiger partial charge in [0.05, 0.1) is 7.11 Å². The van der Waals surface area contributed by atoms with E-state index in [1.807, 2.05) is 0 Å². The summed E-state index contributed by atoms with van der Waals surface area (Å²) in [6, 6.07) is 7.36. The summed E-state index contributed by atoms with van der Waals surface area (Å²) in [5.74, 6) is 0.731. The third-order valence-electron chi connectivity index (χ3n) is 2.64. The second kappa shape index (κ2) is 7.33. The molecule has 0 fully saturated rings. The van der Waals surface area contributed by atoms with Crippen molar-refractivity contribution in [3.05, 3.63) is 29.8 Å². The molecule has 0 spiro atoms. The van der Waals surface area contributed by atoms with Crippen LogP contribution < -0.4 is 10.1 Å². The van der Waals surface area contributed by atoms with Crippen LogP contribution in [0.15, 0.2) is 24.3 Å². The second-order valence-electron chi connectivity index (χ2n) is 3.78. The van der Waals surface area contributed by atoms with Gasteiger partial charge in [0.2, 0.25) is 0 Å². The van der Waals surface area contributed by atoms with E-state index in [0.717, 1.165) is 23.9 Å². The summed E-state index contributed by atoms with van der Waals surface area (Å²) in [5, 5.41) is 3.91. The van der Waals surface area contributed by atoms with Crippen molar-refractivity contribution in [2.45, 2.75) is 25.8 Å². The molecule has 0 aliphatic heterocycles. The number of amides is 1. The van der Waals surface area contributed by atoms with Gasteiger partial charge in [-0.1, -0.05) is 22.9 Å². The van der Waals surface area contributed by atoms with E-state index in [0.29, 0.717) is 5.56 Å². The fraction of sp³-hybridized carbons (Fsp3) is 0.462. The van der Waals surface area contributed by atoms with Gasteiger partial charge in [-0.3, -0.25) is 4.79 Å². The molecule has 0 radical (unpaired) electrons. The fourth-order valence-electron chi connectivity index (χ4n) is 1.52. The molecule has 1 unspecified atom stereocenters. The van der Waals surface area contributed by atoms with Crippen LogP contribution in [0.3, 0.4) is 0 Å². The van der Waals surface area contributed by atoms with Crippen LogP contribution in [0.25, 0.3) is 0 Å². The number of rotatable bonds is 6. The van der Waals surface area contributed by atoms with E-state index < -0.39 is 0 Å². The summed E-state index contributed by atoms with van der Waals surface area (Å²) in [6.07, 6.45) is 1.88. The van der Waals surface area contributed by atoms with Crippen molar-refractivity contribution in [3.63, 3.8) is 0 Å². The lowest BCUT2D eigenvalue weighted by Crippen LogP contribution is -2.34. The van der Waals surface area contributed by atoms with E-state index in [1.165, 1.54) is 0 Å². The highest BCUT2D eigenvalue weighted by Gasteiger charge is 2.11. The smallest absolute Gasteiger partial charge is 0.251 e. The molecule has 17 heavy (non-hydrogen) atoms. The first-order valence-corrected chi connectivity index (χ1v) is 6.84. The van der Waals surface area contributed by atoms with Crippen molar-refractivity contribution in [2.75, 3.05) is 12.4 Å². The Morgan fingerprint density at radius 1 is 1.41 bits per heavy atom. The Hall–Kier alpha value is -1.03. The van der Waals surface area contributed by atoms with E-state index in [9.17, 15) is 4.79 Å². The van der Waals surface area contributed by atoms with Gasteiger partial charge in [0.15, 0.2) is 0 Å². The molecule has 1 aromatic carbocycles. The van der Waals surface area contributed by atoms with Crippen LogP contribution in [0.5, 0.6) is 5.75 Å². The topological polar surface area (TPSA) is 38.3 Å². The summed E-state index contributed by atoms with van der Waals surface area (Å²) in [5.41, 5.74) is 0.666. The molecule has 0 saturated carbocycles. The van der Waals surface area contributed by atoms with Gasteiger partial charge in [-0.25, -0.2) is 0 Å². The van der Waals surface area contributed by atoms with Crippen molar-refractivity contribution in [2.24, 2.45) is 0 Å². The third-order valence-corrected chi connectivity index (χ3v) is 3.10. The number of benzene rings is 1. The first-order chi connectivity index (χ1) is 8.21. The van der Waals surface area contributed by atoms with Crippen LogP contribution in [0.4, 0.5) is 0 Å². The van der Waals surface area contributed by atoms with Gasteiger partial charge in [0.1, 0.15) is 5.75 Å². The monoisotopic (exact) mass is 299 g/mol. The number of carbonyl (C=O) groups is 1. The molecule has 1 atom stereocenters. The fourth-order valence-corrected chi connectivity index (χ4v) is 2.07. The lowest BCUT2D eigenvalue weighted by Gasteiger charge is -2.15. The zero-order chi connectivity index (χ0) is 12.7. The Morgan fingerprint density at radius 2 is 2.06 bits per heavy atom. The van der Waals surface area contributed by atoms with E-state index >= 15 is 0 Å². The highest BCUT2D eigenvalue weighted by atomic mass is 79.9. The van der Waals surface area contributed by atoms with E-state index in [1.54, 1.807) is 31.4 Å². The maximum absolute atomic E-state index is 11.9. The Kier molecular flexibility index (Phi) is 6.05. The van der Waals surface area contributed by atoms with Gasteiger partial charge in [-0.05, 0) is 37.1 Å². The lowest BCUT2D eigenvalue weighted by atomic mass is 10.1. The number of methoxy groups -OCH3 is 1. The molecule has 0 aliphatic carbocycles. The number of hydrogen-bond donors (Lipinski definition) is 1. The quantitative estimate of drug-likeness (QED) is 0.820. The average Bonchev–Trinajstić information content (AvgIpc) is 2.38. The summed E-state index contributed by atoms with van der Waals surface area (Å²) in [6.45, 7) is 2.07. The standard InChI is InChI=1S/C13H18BrNO2/c1-3-11(8-9-14)15-13(16)10-4-6-12(17-2)7-5-10/h4-7,11H,3,8-9H2,1-2H3,(H,15,16). The van der Waals surface area contributed by atoms with Gasteiger partial charge in [0.25, 0.3) is 5.91 Å². The number of hydrogen-bond acceptors (Lipinski definition) is 2. The predicted molar refractivity (Wildman–Crippen MR) is 73.0 cm³/mol. The van der Waals surface area contributed by atoms with Crippen LogP contribution >= 0.6 is 15.9 Å². The van der Waals surface area contributed by atoms with Crippen molar-refractivity contribution in [1.29, 1.82) is 0 Å². The zero-order valence-electron chi connectivity index (χ0n) is 10.2. The van der Waals surface area contributed by atoms with E-state index in [2.05, 4.69) is 28.2 Å². The molecule has 94 valence electrons. The summed E-state index contributed by atoms with van der Waals surface area (Å²) in [7, 11) is 1.61. The molecule has 1 aromatic rings. The first-order valence-electron chi connectivity index (χ1n) is 5.72. The Balaban J connectivity index is 2.62. The molecule has 3 nitrogen and oxygen atoms in total. The highest BCUT2D eigenvalue weighted by molar-refractivity contribution is 9.09. The number of halogens is 1. The number of carbonyl (C=O) groups excluding carboxylic acids is 1. The maximum atomic E-state index is 11.9. The number of ether oxygens (including phenoxy) is 1. The average molecular weight is 300 g/mol. The molecular formula is C13H18BrNO2.